The van der Waals surface area contributed by atoms with Gasteiger partial charge in [-0.05, 0) is 74.4 Å². The Balaban J connectivity index is 1.52. The van der Waals surface area contributed by atoms with E-state index in [1.165, 1.54) is 18.1 Å². The topological polar surface area (TPSA) is 118 Å². The van der Waals surface area contributed by atoms with Crippen molar-refractivity contribution in [2.75, 3.05) is 17.3 Å². The highest BCUT2D eigenvalue weighted by Gasteiger charge is 2.38. The summed E-state index contributed by atoms with van der Waals surface area (Å²) in [5.74, 6) is -2.02. The molecule has 3 aromatic rings. The van der Waals surface area contributed by atoms with E-state index in [4.69, 9.17) is 9.15 Å². The smallest absolute Gasteiger partial charge is 0.340 e. The van der Waals surface area contributed by atoms with Crippen LogP contribution < -0.4 is 15.5 Å². The monoisotopic (exact) mass is 513 g/mol. The van der Waals surface area contributed by atoms with E-state index in [0.29, 0.717) is 28.6 Å². The molecule has 0 spiro atoms. The zero-order valence-corrected chi connectivity index (χ0v) is 21.5. The summed E-state index contributed by atoms with van der Waals surface area (Å²) in [4.78, 5) is 51.8. The van der Waals surface area contributed by atoms with Gasteiger partial charge in [-0.3, -0.25) is 19.3 Å². The molecule has 0 saturated heterocycles. The average molecular weight is 514 g/mol. The first-order chi connectivity index (χ1) is 18.2. The van der Waals surface area contributed by atoms with Gasteiger partial charge in [0.25, 0.3) is 5.91 Å². The Bertz CT molecular complexity index is 1480. The number of esters is 1. The highest BCUT2D eigenvalue weighted by molar-refractivity contribution is 6.39. The SMILES string of the molecule is COC(=O)C1=C(C)N(c2ccc(C)c(C)c2)C(=O)/C1=C/c1ccc(CNC(=O)C(=O)Nc2ccccc2)o1. The number of hydrogen-bond donors (Lipinski definition) is 2. The molecule has 0 fully saturated rings. The molecule has 3 amide bonds. The predicted molar refractivity (Wildman–Crippen MR) is 142 cm³/mol. The number of anilines is 2. The Morgan fingerprint density at radius 3 is 2.37 bits per heavy atom. The molecule has 9 heteroatoms. The summed E-state index contributed by atoms with van der Waals surface area (Å²) in [6, 6.07) is 17.5. The fourth-order valence-electron chi connectivity index (χ4n) is 4.02. The lowest BCUT2D eigenvalue weighted by Crippen LogP contribution is -2.34. The first kappa shape index (κ1) is 26.2. The van der Waals surface area contributed by atoms with E-state index in [-0.39, 0.29) is 17.7 Å². The number of hydrogen-bond acceptors (Lipinski definition) is 6. The van der Waals surface area contributed by atoms with Crippen LogP contribution in [0, 0.1) is 13.8 Å². The van der Waals surface area contributed by atoms with Crippen LogP contribution in [0.4, 0.5) is 11.4 Å². The van der Waals surface area contributed by atoms with Crippen molar-refractivity contribution in [1.82, 2.24) is 5.32 Å². The van der Waals surface area contributed by atoms with E-state index in [1.807, 2.05) is 32.0 Å². The number of para-hydroxylation sites is 1. The maximum absolute atomic E-state index is 13.5. The number of ether oxygens (including phenoxy) is 1. The quantitative estimate of drug-likeness (QED) is 0.292. The van der Waals surface area contributed by atoms with Crippen molar-refractivity contribution in [3.05, 3.63) is 100 Å². The van der Waals surface area contributed by atoms with Crippen molar-refractivity contribution in [2.45, 2.75) is 27.3 Å². The maximum Gasteiger partial charge on any atom is 0.340 e. The summed E-state index contributed by atoms with van der Waals surface area (Å²) in [6.07, 6.45) is 1.46. The number of rotatable bonds is 6. The van der Waals surface area contributed by atoms with Crippen molar-refractivity contribution >= 4 is 41.1 Å². The van der Waals surface area contributed by atoms with E-state index >= 15 is 0 Å². The van der Waals surface area contributed by atoms with Gasteiger partial charge in [-0.1, -0.05) is 24.3 Å². The van der Waals surface area contributed by atoms with Crippen LogP contribution >= 0.6 is 0 Å². The second kappa shape index (κ2) is 11.0. The maximum atomic E-state index is 13.5. The Morgan fingerprint density at radius 2 is 1.68 bits per heavy atom. The zero-order chi connectivity index (χ0) is 27.4. The third kappa shape index (κ3) is 5.41. The van der Waals surface area contributed by atoms with E-state index in [1.54, 1.807) is 49.4 Å². The number of aryl methyl sites for hydroxylation is 2. The van der Waals surface area contributed by atoms with Crippen molar-refractivity contribution in [3.63, 3.8) is 0 Å². The van der Waals surface area contributed by atoms with Gasteiger partial charge in [-0.25, -0.2) is 4.79 Å². The molecule has 194 valence electrons. The molecule has 1 aliphatic heterocycles. The standard InChI is InChI=1S/C29H27N3O6/c1-17-10-11-21(14-18(17)2)32-19(3)25(29(36)37-4)24(28(32)35)15-22-12-13-23(38-22)16-30-26(33)27(34)31-20-8-6-5-7-9-20/h5-15H,16H2,1-4H3,(H,30,33)(H,31,34)/b24-15+. The van der Waals surface area contributed by atoms with Crippen molar-refractivity contribution in [3.8, 4) is 0 Å². The second-order valence-corrected chi connectivity index (χ2v) is 8.73. The summed E-state index contributed by atoms with van der Waals surface area (Å²) >= 11 is 0. The van der Waals surface area contributed by atoms with Gasteiger partial charge in [-0.15, -0.1) is 0 Å². The van der Waals surface area contributed by atoms with Gasteiger partial charge in [0.15, 0.2) is 0 Å². The molecule has 1 aromatic heterocycles. The second-order valence-electron chi connectivity index (χ2n) is 8.73. The van der Waals surface area contributed by atoms with Gasteiger partial charge in [0.1, 0.15) is 11.5 Å². The number of benzene rings is 2. The molecule has 0 bridgehead atoms. The molecule has 0 saturated carbocycles. The first-order valence-electron chi connectivity index (χ1n) is 11.9. The lowest BCUT2D eigenvalue weighted by atomic mass is 10.1. The normalized spacial score (nSPS) is 14.2. The lowest BCUT2D eigenvalue weighted by molar-refractivity contribution is -0.136. The Hall–Kier alpha value is -4.92. The summed E-state index contributed by atoms with van der Waals surface area (Å²) < 4.78 is 10.7. The number of carbonyl (C=O) groups excluding carboxylic acids is 4. The summed E-state index contributed by atoms with van der Waals surface area (Å²) in [5, 5.41) is 5.00. The molecule has 1 aliphatic rings. The van der Waals surface area contributed by atoms with E-state index in [9.17, 15) is 19.2 Å². The number of amides is 3. The van der Waals surface area contributed by atoms with Crippen LogP contribution in [-0.2, 0) is 30.5 Å². The minimum absolute atomic E-state index is 0.0499. The Labute approximate surface area is 219 Å². The third-order valence-corrected chi connectivity index (χ3v) is 6.17. The predicted octanol–water partition coefficient (Wildman–Crippen LogP) is 4.03. The van der Waals surface area contributed by atoms with Gasteiger partial charge >= 0.3 is 17.8 Å². The molecule has 2 heterocycles. The minimum Gasteiger partial charge on any atom is -0.465 e. The number of nitrogens with one attached hydrogen (secondary N) is 2. The molecule has 0 atom stereocenters. The molecule has 0 aliphatic carbocycles. The average Bonchev–Trinajstić information content (AvgIpc) is 3.46. The van der Waals surface area contributed by atoms with Crippen LogP contribution in [-0.4, -0.2) is 30.8 Å². The van der Waals surface area contributed by atoms with Crippen molar-refractivity contribution in [2.24, 2.45) is 0 Å². The van der Waals surface area contributed by atoms with Gasteiger partial charge in [0.05, 0.1) is 24.8 Å². The largest absolute Gasteiger partial charge is 0.465 e. The summed E-state index contributed by atoms with van der Waals surface area (Å²) in [6.45, 7) is 5.56. The van der Waals surface area contributed by atoms with Crippen molar-refractivity contribution in [1.29, 1.82) is 0 Å². The first-order valence-corrected chi connectivity index (χ1v) is 11.9. The molecular weight excluding hydrogens is 486 g/mol. The molecule has 0 unspecified atom stereocenters. The van der Waals surface area contributed by atoms with Gasteiger partial charge < -0.3 is 19.8 Å². The molecular formula is C29H27N3O6. The highest BCUT2D eigenvalue weighted by Crippen LogP contribution is 2.36. The van der Waals surface area contributed by atoms with Crippen LogP contribution in [0.1, 0.15) is 29.6 Å². The van der Waals surface area contributed by atoms with E-state index < -0.39 is 23.7 Å². The zero-order valence-electron chi connectivity index (χ0n) is 21.5. The summed E-state index contributed by atoms with van der Waals surface area (Å²) in [7, 11) is 1.25. The van der Waals surface area contributed by atoms with Gasteiger partial charge in [0.2, 0.25) is 0 Å². The number of carbonyl (C=O) groups is 4. The molecule has 9 nitrogen and oxygen atoms in total. The highest BCUT2D eigenvalue weighted by atomic mass is 16.5. The van der Waals surface area contributed by atoms with Crippen LogP contribution in [0.2, 0.25) is 0 Å². The molecule has 38 heavy (non-hydrogen) atoms. The fourth-order valence-corrected chi connectivity index (χ4v) is 4.02. The number of methoxy groups -OCH3 is 1. The van der Waals surface area contributed by atoms with E-state index in [2.05, 4.69) is 10.6 Å². The number of allylic oxidation sites excluding steroid dienone is 1. The minimum atomic E-state index is -0.827. The third-order valence-electron chi connectivity index (χ3n) is 6.17. The van der Waals surface area contributed by atoms with Crippen LogP contribution in [0.5, 0.6) is 0 Å². The number of nitrogens with zero attached hydrogens (tertiary/aromatic N) is 1. The Morgan fingerprint density at radius 1 is 0.947 bits per heavy atom. The molecule has 2 N–H and O–H groups in total. The fraction of sp³-hybridized carbons (Fsp3) is 0.172. The van der Waals surface area contributed by atoms with Crippen molar-refractivity contribution < 1.29 is 28.3 Å². The van der Waals surface area contributed by atoms with Gasteiger partial charge in [0, 0.05) is 17.1 Å². The van der Waals surface area contributed by atoms with Crippen LogP contribution in [0.15, 0.2) is 81.9 Å². The molecule has 0 radical (unpaired) electrons. The summed E-state index contributed by atoms with van der Waals surface area (Å²) in [5.41, 5.74) is 3.94. The molecule has 4 rings (SSSR count). The lowest BCUT2D eigenvalue weighted by Gasteiger charge is -2.19. The molecule has 2 aromatic carbocycles. The number of furan rings is 1. The van der Waals surface area contributed by atoms with Crippen LogP contribution in [0.3, 0.4) is 0 Å². The van der Waals surface area contributed by atoms with E-state index in [0.717, 1.165) is 11.1 Å². The van der Waals surface area contributed by atoms with Gasteiger partial charge in [-0.2, -0.15) is 0 Å². The Kier molecular flexibility index (Phi) is 7.57. The van der Waals surface area contributed by atoms with Crippen LogP contribution in [0.25, 0.3) is 6.08 Å².